The maximum absolute atomic E-state index is 12.0. The number of ketones is 1. The van der Waals surface area contributed by atoms with Gasteiger partial charge in [0.15, 0.2) is 5.78 Å². The highest BCUT2D eigenvalue weighted by Crippen LogP contribution is 2.11. The molecule has 0 saturated carbocycles. The Bertz CT molecular complexity index is 373. The number of hydrogen-bond donors (Lipinski definition) is 0. The summed E-state index contributed by atoms with van der Waals surface area (Å²) >= 11 is 0. The Kier molecular flexibility index (Phi) is 13.8. The molecule has 2 heteroatoms. The third-order valence-electron chi connectivity index (χ3n) is 4.12. The Labute approximate surface area is 144 Å². The Morgan fingerprint density at radius 2 is 1.48 bits per heavy atom. The summed E-state index contributed by atoms with van der Waals surface area (Å²) in [5.74, 6) is 6.26. The molecular weight excluding hydrogens is 282 g/mol. The van der Waals surface area contributed by atoms with Gasteiger partial charge in [-0.05, 0) is 18.4 Å². The number of unbranched alkanes of at least 4 members (excludes halogenated alkanes) is 9. The largest absolute Gasteiger partial charge is 0.312 e. The highest BCUT2D eigenvalue weighted by molar-refractivity contribution is 5.79. The molecule has 0 bridgehead atoms. The van der Waals surface area contributed by atoms with Crippen molar-refractivity contribution in [1.82, 2.24) is 0 Å². The molecule has 0 heterocycles. The van der Waals surface area contributed by atoms with Gasteiger partial charge in [-0.2, -0.15) is 0 Å². The number of allylic oxidation sites excluding steroid dienone is 1. The number of rotatable bonds is 14. The van der Waals surface area contributed by atoms with Crippen LogP contribution in [0.5, 0.6) is 0 Å². The van der Waals surface area contributed by atoms with Crippen molar-refractivity contribution in [1.29, 1.82) is 0 Å². The van der Waals surface area contributed by atoms with Crippen LogP contribution in [0.1, 0.15) is 77.6 Å². The van der Waals surface area contributed by atoms with Gasteiger partial charge in [-0.15, -0.1) is 0 Å². The van der Waals surface area contributed by atoms with Crippen molar-refractivity contribution < 1.29 is 9.28 Å². The molecule has 0 aliphatic carbocycles. The summed E-state index contributed by atoms with van der Waals surface area (Å²) in [5, 5.41) is 0. The molecule has 0 amide bonds. The molecule has 2 nitrogen and oxygen atoms in total. The fourth-order valence-corrected chi connectivity index (χ4v) is 2.75. The first-order chi connectivity index (χ1) is 11.0. The zero-order valence-electron chi connectivity index (χ0n) is 15.8. The van der Waals surface area contributed by atoms with Crippen LogP contribution in [0.3, 0.4) is 0 Å². The number of likely N-dealkylation sites (N-methyl/N-ethyl adjacent to an activating group) is 1. The van der Waals surface area contributed by atoms with E-state index in [1.165, 1.54) is 57.8 Å². The Morgan fingerprint density at radius 1 is 0.957 bits per heavy atom. The van der Waals surface area contributed by atoms with Crippen molar-refractivity contribution in [2.45, 2.75) is 77.6 Å². The monoisotopic (exact) mass is 320 g/mol. The lowest BCUT2D eigenvalue weighted by atomic mass is 10.0. The van der Waals surface area contributed by atoms with Crippen molar-refractivity contribution in [2.75, 3.05) is 27.2 Å². The topological polar surface area (TPSA) is 17.1 Å². The van der Waals surface area contributed by atoms with Crippen LogP contribution < -0.4 is 0 Å². The predicted octanol–water partition coefficient (Wildman–Crippen LogP) is 5.13. The van der Waals surface area contributed by atoms with E-state index in [2.05, 4.69) is 39.4 Å². The van der Waals surface area contributed by atoms with Gasteiger partial charge in [0, 0.05) is 6.42 Å². The molecule has 0 radical (unpaired) electrons. The van der Waals surface area contributed by atoms with Gasteiger partial charge in [0.2, 0.25) is 0 Å². The van der Waals surface area contributed by atoms with Crippen LogP contribution in [0.2, 0.25) is 0 Å². The molecule has 132 valence electrons. The minimum absolute atomic E-state index is 0.370. The second kappa shape index (κ2) is 14.5. The standard InChI is InChI=1S/C21H38NO/c1-5-7-9-10-11-12-13-14-15-16-18-21(23)20-22(3,4)19-17-8-6-2/h6H,2,5,7,9-16,18-20H2,1,3-4H3/q+1. The number of hydrogen-bond acceptors (Lipinski definition) is 1. The number of quaternary nitrogens is 1. The summed E-state index contributed by atoms with van der Waals surface area (Å²) in [6, 6.07) is 0. The zero-order valence-corrected chi connectivity index (χ0v) is 15.8. The first-order valence-corrected chi connectivity index (χ1v) is 9.45. The van der Waals surface area contributed by atoms with Crippen molar-refractivity contribution in [3.8, 4) is 11.8 Å². The van der Waals surface area contributed by atoms with Crippen LogP contribution in [-0.4, -0.2) is 37.5 Å². The first-order valence-electron chi connectivity index (χ1n) is 9.45. The second-order valence-corrected chi connectivity index (χ2v) is 7.25. The summed E-state index contributed by atoms with van der Waals surface area (Å²) in [4.78, 5) is 12.0. The first kappa shape index (κ1) is 21.9. The van der Waals surface area contributed by atoms with Gasteiger partial charge < -0.3 is 4.48 Å². The van der Waals surface area contributed by atoms with Crippen LogP contribution in [0, 0.1) is 11.8 Å². The van der Waals surface area contributed by atoms with E-state index in [0.29, 0.717) is 23.4 Å². The van der Waals surface area contributed by atoms with Crippen LogP contribution in [0.4, 0.5) is 0 Å². The van der Waals surface area contributed by atoms with Crippen molar-refractivity contribution in [3.05, 3.63) is 12.7 Å². The highest BCUT2D eigenvalue weighted by Gasteiger charge is 2.18. The predicted molar refractivity (Wildman–Crippen MR) is 101 cm³/mol. The number of carbonyl (C=O) groups excluding carboxylic acids is 1. The zero-order chi connectivity index (χ0) is 17.4. The summed E-state index contributed by atoms with van der Waals surface area (Å²) in [6.07, 6.45) is 15.4. The van der Waals surface area contributed by atoms with E-state index < -0.39 is 0 Å². The summed E-state index contributed by atoms with van der Waals surface area (Å²) in [5.41, 5.74) is 0. The SMILES string of the molecule is C=CC#CC[N+](C)(C)CC(=O)CCCCCCCCCCCC. The second-order valence-electron chi connectivity index (χ2n) is 7.25. The van der Waals surface area contributed by atoms with Crippen molar-refractivity contribution >= 4 is 5.78 Å². The van der Waals surface area contributed by atoms with E-state index in [4.69, 9.17) is 0 Å². The molecule has 0 aromatic heterocycles. The molecule has 0 saturated heterocycles. The minimum atomic E-state index is 0.370. The average Bonchev–Trinajstić information content (AvgIpc) is 2.48. The third kappa shape index (κ3) is 15.6. The van der Waals surface area contributed by atoms with Gasteiger partial charge in [-0.1, -0.05) is 77.2 Å². The summed E-state index contributed by atoms with van der Waals surface area (Å²) in [7, 11) is 4.13. The molecule has 23 heavy (non-hydrogen) atoms. The number of nitrogens with zero attached hydrogens (tertiary/aromatic N) is 1. The molecule has 0 fully saturated rings. The van der Waals surface area contributed by atoms with E-state index in [1.54, 1.807) is 6.08 Å². The molecule has 0 spiro atoms. The Balaban J connectivity index is 3.54. The molecular formula is C21H38NO+. The maximum Gasteiger partial charge on any atom is 0.186 e. The smallest absolute Gasteiger partial charge is 0.186 e. The lowest BCUT2D eigenvalue weighted by Crippen LogP contribution is -2.44. The fourth-order valence-electron chi connectivity index (χ4n) is 2.75. The maximum atomic E-state index is 12.0. The normalized spacial score (nSPS) is 10.9. The molecule has 0 N–H and O–H groups in total. The molecule has 0 unspecified atom stereocenters. The Morgan fingerprint density at radius 3 is 2.00 bits per heavy atom. The molecule has 0 aliphatic rings. The fraction of sp³-hybridized carbons (Fsp3) is 0.762. The number of carbonyl (C=O) groups is 1. The average molecular weight is 321 g/mol. The molecule has 0 aliphatic heterocycles. The Hall–Kier alpha value is -1.07. The third-order valence-corrected chi connectivity index (χ3v) is 4.12. The molecule has 0 atom stereocenters. The van der Waals surface area contributed by atoms with Gasteiger partial charge >= 0.3 is 0 Å². The van der Waals surface area contributed by atoms with Crippen LogP contribution in [0.15, 0.2) is 12.7 Å². The van der Waals surface area contributed by atoms with Gasteiger partial charge in [-0.3, -0.25) is 4.79 Å². The van der Waals surface area contributed by atoms with E-state index in [1.807, 2.05) is 0 Å². The van der Waals surface area contributed by atoms with Crippen molar-refractivity contribution in [3.63, 3.8) is 0 Å². The van der Waals surface area contributed by atoms with Gasteiger partial charge in [0.1, 0.15) is 13.1 Å². The van der Waals surface area contributed by atoms with Gasteiger partial charge in [0.05, 0.1) is 14.1 Å². The number of Topliss-reactive ketones (excluding diaryl/α,β-unsaturated/α-hetero) is 1. The summed E-state index contributed by atoms with van der Waals surface area (Å²) < 4.78 is 0.650. The molecule has 0 aromatic rings. The highest BCUT2D eigenvalue weighted by atomic mass is 16.1. The van der Waals surface area contributed by atoms with E-state index in [0.717, 1.165) is 12.8 Å². The van der Waals surface area contributed by atoms with Crippen molar-refractivity contribution in [2.24, 2.45) is 0 Å². The van der Waals surface area contributed by atoms with Gasteiger partial charge in [0.25, 0.3) is 0 Å². The lowest BCUT2D eigenvalue weighted by molar-refractivity contribution is -0.875. The van der Waals surface area contributed by atoms with Gasteiger partial charge in [-0.25, -0.2) is 0 Å². The molecule has 0 rings (SSSR count). The molecule has 0 aromatic carbocycles. The van der Waals surface area contributed by atoms with Crippen LogP contribution >= 0.6 is 0 Å². The lowest BCUT2D eigenvalue weighted by Gasteiger charge is -2.26. The van der Waals surface area contributed by atoms with E-state index >= 15 is 0 Å². The quantitative estimate of drug-likeness (QED) is 0.246. The van der Waals surface area contributed by atoms with Crippen LogP contribution in [-0.2, 0) is 4.79 Å². The summed E-state index contributed by atoms with van der Waals surface area (Å²) in [6.45, 7) is 7.13. The van der Waals surface area contributed by atoms with Crippen LogP contribution in [0.25, 0.3) is 0 Å². The van der Waals surface area contributed by atoms with E-state index in [9.17, 15) is 4.79 Å². The van der Waals surface area contributed by atoms with E-state index in [-0.39, 0.29) is 0 Å². The minimum Gasteiger partial charge on any atom is -0.312 e.